The fourth-order valence-corrected chi connectivity index (χ4v) is 1.84. The van der Waals surface area contributed by atoms with E-state index in [0.717, 1.165) is 0 Å². The number of hydrogen-bond donors (Lipinski definition) is 1. The number of nitrogens with zero attached hydrogens (tertiary/aromatic N) is 2. The van der Waals surface area contributed by atoms with Crippen LogP contribution in [0.3, 0.4) is 0 Å². The normalized spacial score (nSPS) is 10.1. The Kier molecular flexibility index (Phi) is 5.51. The Morgan fingerprint density at radius 2 is 2.06 bits per heavy atom. The number of carbonyl (C=O) groups is 1. The van der Waals surface area contributed by atoms with E-state index in [1.54, 1.807) is 11.0 Å². The van der Waals surface area contributed by atoms with E-state index in [1.807, 2.05) is 13.8 Å². The van der Waals surface area contributed by atoms with E-state index in [9.17, 15) is 4.79 Å². The van der Waals surface area contributed by atoms with Crippen LogP contribution in [0.25, 0.3) is 0 Å². The first-order chi connectivity index (χ1) is 8.08. The molecule has 0 fully saturated rings. The van der Waals surface area contributed by atoms with E-state index >= 15 is 0 Å². The van der Waals surface area contributed by atoms with Gasteiger partial charge in [-0.25, -0.2) is 4.98 Å². The largest absolute Gasteiger partial charge is 0.360 e. The minimum atomic E-state index is 0.0165. The number of aromatic nitrogens is 1. The van der Waals surface area contributed by atoms with Gasteiger partial charge in [-0.05, 0) is 19.9 Å². The quantitative estimate of drug-likeness (QED) is 0.899. The van der Waals surface area contributed by atoms with Gasteiger partial charge in [0.05, 0.1) is 16.6 Å². The lowest BCUT2D eigenvalue weighted by atomic mass is 10.4. The summed E-state index contributed by atoms with van der Waals surface area (Å²) in [5, 5.41) is 3.77. The zero-order valence-corrected chi connectivity index (χ0v) is 11.3. The van der Waals surface area contributed by atoms with Gasteiger partial charge in [-0.1, -0.05) is 23.2 Å². The first kappa shape index (κ1) is 14.1. The van der Waals surface area contributed by atoms with Crippen LogP contribution >= 0.6 is 23.2 Å². The van der Waals surface area contributed by atoms with Gasteiger partial charge in [-0.3, -0.25) is 4.79 Å². The predicted molar refractivity (Wildman–Crippen MR) is 70.7 cm³/mol. The van der Waals surface area contributed by atoms with Gasteiger partial charge < -0.3 is 10.2 Å². The number of likely N-dealkylation sites (N-methyl/N-ethyl adjacent to an activating group) is 1. The van der Waals surface area contributed by atoms with Crippen molar-refractivity contribution in [2.24, 2.45) is 0 Å². The molecule has 1 aromatic rings. The van der Waals surface area contributed by atoms with Gasteiger partial charge in [-0.2, -0.15) is 0 Å². The van der Waals surface area contributed by atoms with Crippen molar-refractivity contribution in [3.63, 3.8) is 0 Å². The highest BCUT2D eigenvalue weighted by Crippen LogP contribution is 2.22. The third-order valence-electron chi connectivity index (χ3n) is 2.33. The Morgan fingerprint density at radius 3 is 2.59 bits per heavy atom. The minimum absolute atomic E-state index is 0.0165. The van der Waals surface area contributed by atoms with E-state index < -0.39 is 0 Å². The molecular weight excluding hydrogens is 261 g/mol. The number of nitrogens with one attached hydrogen (secondary N) is 1. The van der Waals surface area contributed by atoms with Crippen LogP contribution in [0.1, 0.15) is 13.8 Å². The molecule has 94 valence electrons. The molecule has 0 atom stereocenters. The van der Waals surface area contributed by atoms with Crippen molar-refractivity contribution in [3.05, 3.63) is 22.3 Å². The van der Waals surface area contributed by atoms with Gasteiger partial charge in [0.1, 0.15) is 5.82 Å². The van der Waals surface area contributed by atoms with Gasteiger partial charge in [-0.15, -0.1) is 0 Å². The number of rotatable bonds is 5. The topological polar surface area (TPSA) is 45.2 Å². The number of halogens is 2. The Bertz CT molecular complexity index is 394. The number of amides is 1. The number of hydrogen-bond acceptors (Lipinski definition) is 3. The number of anilines is 1. The van der Waals surface area contributed by atoms with Crippen molar-refractivity contribution in [1.82, 2.24) is 9.88 Å². The molecular formula is C11H15Cl2N3O. The average Bonchev–Trinajstić information content (AvgIpc) is 2.29. The fourth-order valence-electron chi connectivity index (χ4n) is 1.39. The Labute approximate surface area is 111 Å². The molecule has 1 N–H and O–H groups in total. The molecule has 0 unspecified atom stereocenters. The summed E-state index contributed by atoms with van der Waals surface area (Å²) in [6, 6.07) is 1.58. The third-order valence-corrected chi connectivity index (χ3v) is 2.83. The van der Waals surface area contributed by atoms with Crippen LogP contribution in [0.2, 0.25) is 10.0 Å². The molecule has 1 amide bonds. The molecule has 17 heavy (non-hydrogen) atoms. The molecule has 1 aromatic heterocycles. The summed E-state index contributed by atoms with van der Waals surface area (Å²) in [5.41, 5.74) is 0. The third kappa shape index (κ3) is 4.06. The number of carbonyl (C=O) groups excluding carboxylic acids is 1. The fraction of sp³-hybridized carbons (Fsp3) is 0.455. The zero-order chi connectivity index (χ0) is 12.8. The zero-order valence-electron chi connectivity index (χ0n) is 9.83. The Hall–Kier alpha value is -1.000. The van der Waals surface area contributed by atoms with E-state index in [-0.39, 0.29) is 12.5 Å². The molecule has 0 aromatic carbocycles. The second kappa shape index (κ2) is 6.67. The molecule has 0 bridgehead atoms. The van der Waals surface area contributed by atoms with Crippen molar-refractivity contribution in [1.29, 1.82) is 0 Å². The van der Waals surface area contributed by atoms with Crippen LogP contribution in [0.15, 0.2) is 12.3 Å². The van der Waals surface area contributed by atoms with Crippen LogP contribution in [0.5, 0.6) is 0 Å². The van der Waals surface area contributed by atoms with Crippen molar-refractivity contribution in [2.45, 2.75) is 13.8 Å². The van der Waals surface area contributed by atoms with Gasteiger partial charge in [0.15, 0.2) is 0 Å². The molecule has 1 rings (SSSR count). The highest BCUT2D eigenvalue weighted by atomic mass is 35.5. The van der Waals surface area contributed by atoms with E-state index in [4.69, 9.17) is 23.2 Å². The maximum Gasteiger partial charge on any atom is 0.241 e. The minimum Gasteiger partial charge on any atom is -0.360 e. The van der Waals surface area contributed by atoms with Crippen molar-refractivity contribution >= 4 is 34.9 Å². The molecule has 0 aliphatic heterocycles. The smallest absolute Gasteiger partial charge is 0.241 e. The molecule has 0 aliphatic carbocycles. The molecule has 0 radical (unpaired) electrons. The van der Waals surface area contributed by atoms with Crippen LogP contribution in [0.4, 0.5) is 5.82 Å². The van der Waals surface area contributed by atoms with Gasteiger partial charge in [0.2, 0.25) is 5.91 Å². The maximum atomic E-state index is 11.7. The highest BCUT2D eigenvalue weighted by Gasteiger charge is 2.10. The lowest BCUT2D eigenvalue weighted by molar-refractivity contribution is -0.128. The Morgan fingerprint density at radius 1 is 1.41 bits per heavy atom. The summed E-state index contributed by atoms with van der Waals surface area (Å²) < 4.78 is 0. The SMILES string of the molecule is CCN(CC)C(=O)CNc1ncc(Cl)cc1Cl. The summed E-state index contributed by atoms with van der Waals surface area (Å²) in [6.45, 7) is 5.44. The summed E-state index contributed by atoms with van der Waals surface area (Å²) in [6.07, 6.45) is 1.48. The van der Waals surface area contributed by atoms with Crippen LogP contribution in [-0.4, -0.2) is 35.4 Å². The van der Waals surface area contributed by atoms with Gasteiger partial charge >= 0.3 is 0 Å². The van der Waals surface area contributed by atoms with Gasteiger partial charge in [0, 0.05) is 19.3 Å². The van der Waals surface area contributed by atoms with Crippen molar-refractivity contribution in [3.8, 4) is 0 Å². The summed E-state index contributed by atoms with van der Waals surface area (Å²) in [4.78, 5) is 17.5. The highest BCUT2D eigenvalue weighted by molar-refractivity contribution is 6.35. The standard InChI is InChI=1S/C11H15Cl2N3O/c1-3-16(4-2)10(17)7-15-11-9(13)5-8(12)6-14-11/h5-6H,3-4,7H2,1-2H3,(H,14,15). The second-order valence-corrected chi connectivity index (χ2v) is 4.25. The predicted octanol–water partition coefficient (Wildman–Crippen LogP) is 2.67. The van der Waals surface area contributed by atoms with Crippen molar-refractivity contribution in [2.75, 3.05) is 25.0 Å². The van der Waals surface area contributed by atoms with Crippen molar-refractivity contribution < 1.29 is 4.79 Å². The lowest BCUT2D eigenvalue weighted by Crippen LogP contribution is -2.35. The van der Waals surface area contributed by atoms with Gasteiger partial charge in [0.25, 0.3) is 0 Å². The first-order valence-electron chi connectivity index (χ1n) is 5.41. The van der Waals surface area contributed by atoms with E-state index in [1.165, 1.54) is 6.20 Å². The van der Waals surface area contributed by atoms with Crippen LogP contribution < -0.4 is 5.32 Å². The van der Waals surface area contributed by atoms with E-state index in [2.05, 4.69) is 10.3 Å². The molecule has 0 saturated heterocycles. The molecule has 4 nitrogen and oxygen atoms in total. The average molecular weight is 276 g/mol. The summed E-state index contributed by atoms with van der Waals surface area (Å²) >= 11 is 11.7. The monoisotopic (exact) mass is 275 g/mol. The summed E-state index contributed by atoms with van der Waals surface area (Å²) in [5.74, 6) is 0.486. The molecule has 0 saturated carbocycles. The van der Waals surface area contributed by atoms with E-state index in [0.29, 0.717) is 29.0 Å². The maximum absolute atomic E-state index is 11.7. The Balaban J connectivity index is 2.58. The molecule has 0 spiro atoms. The number of pyridine rings is 1. The first-order valence-corrected chi connectivity index (χ1v) is 6.16. The molecule has 0 aliphatic rings. The van der Waals surface area contributed by atoms with Crippen LogP contribution in [0, 0.1) is 0 Å². The summed E-state index contributed by atoms with van der Waals surface area (Å²) in [7, 11) is 0. The lowest BCUT2D eigenvalue weighted by Gasteiger charge is -2.19. The molecule has 1 heterocycles. The van der Waals surface area contributed by atoms with Crippen LogP contribution in [-0.2, 0) is 4.79 Å². The second-order valence-electron chi connectivity index (χ2n) is 3.40. The molecule has 6 heteroatoms.